The van der Waals surface area contributed by atoms with Crippen LogP contribution >= 0.6 is 0 Å². The third kappa shape index (κ3) is 4.85. The number of nitrogens with one attached hydrogen (secondary N) is 2. The van der Waals surface area contributed by atoms with Crippen molar-refractivity contribution in [2.24, 2.45) is 0 Å². The minimum absolute atomic E-state index is 0.0280. The Morgan fingerprint density at radius 1 is 0.840 bits per heavy atom. The zero-order chi connectivity index (χ0) is 17.5. The van der Waals surface area contributed by atoms with Gasteiger partial charge < -0.3 is 15.4 Å². The highest BCUT2D eigenvalue weighted by Crippen LogP contribution is 2.20. The van der Waals surface area contributed by atoms with Crippen LogP contribution in [0, 0.1) is 6.92 Å². The zero-order valence-corrected chi connectivity index (χ0v) is 14.0. The number of aryl methyl sites for hydroxylation is 1. The van der Waals surface area contributed by atoms with Gasteiger partial charge >= 0.3 is 0 Å². The predicted octanol–water partition coefficient (Wildman–Crippen LogP) is 4.76. The molecule has 0 aromatic heterocycles. The van der Waals surface area contributed by atoms with E-state index in [0.29, 0.717) is 5.75 Å². The van der Waals surface area contributed by atoms with Crippen molar-refractivity contribution in [3.8, 4) is 5.75 Å². The summed E-state index contributed by atoms with van der Waals surface area (Å²) in [6, 6.07) is 25.1. The van der Waals surface area contributed by atoms with E-state index in [9.17, 15) is 4.79 Å². The Bertz CT molecular complexity index is 830. The molecule has 0 aliphatic carbocycles. The molecule has 0 heterocycles. The van der Waals surface area contributed by atoms with Crippen molar-refractivity contribution in [1.82, 2.24) is 0 Å². The number of benzene rings is 3. The monoisotopic (exact) mass is 332 g/mol. The molecule has 3 rings (SSSR count). The van der Waals surface area contributed by atoms with E-state index >= 15 is 0 Å². The lowest BCUT2D eigenvalue weighted by molar-refractivity contribution is -0.118. The van der Waals surface area contributed by atoms with Gasteiger partial charge in [-0.05, 0) is 55.0 Å². The highest BCUT2D eigenvalue weighted by atomic mass is 16.5. The van der Waals surface area contributed by atoms with Crippen molar-refractivity contribution in [3.63, 3.8) is 0 Å². The minimum atomic E-state index is -0.180. The van der Waals surface area contributed by atoms with Gasteiger partial charge in [-0.15, -0.1) is 0 Å². The van der Waals surface area contributed by atoms with Gasteiger partial charge in [-0.1, -0.05) is 36.4 Å². The fourth-order valence-corrected chi connectivity index (χ4v) is 2.37. The molecule has 4 heteroatoms. The Hall–Kier alpha value is -3.27. The SMILES string of the molecule is Cc1ccccc1NC(=O)COc1ccc(Nc2ccccc2)cc1. The largest absolute Gasteiger partial charge is 0.484 e. The average molecular weight is 332 g/mol. The molecule has 0 aliphatic heterocycles. The Morgan fingerprint density at radius 2 is 1.48 bits per heavy atom. The Balaban J connectivity index is 1.51. The van der Waals surface area contributed by atoms with E-state index in [4.69, 9.17) is 4.74 Å². The molecule has 4 nitrogen and oxygen atoms in total. The van der Waals surface area contributed by atoms with E-state index in [1.165, 1.54) is 0 Å². The summed E-state index contributed by atoms with van der Waals surface area (Å²) in [5, 5.41) is 6.15. The Morgan fingerprint density at radius 3 is 2.20 bits per heavy atom. The number of carbonyl (C=O) groups excluding carboxylic acids is 1. The lowest BCUT2D eigenvalue weighted by Crippen LogP contribution is -2.20. The lowest BCUT2D eigenvalue weighted by Gasteiger charge is -2.10. The molecule has 3 aromatic carbocycles. The van der Waals surface area contributed by atoms with E-state index in [-0.39, 0.29) is 12.5 Å². The van der Waals surface area contributed by atoms with Crippen molar-refractivity contribution in [2.45, 2.75) is 6.92 Å². The van der Waals surface area contributed by atoms with Crippen LogP contribution in [-0.2, 0) is 4.79 Å². The van der Waals surface area contributed by atoms with Gasteiger partial charge in [-0.3, -0.25) is 4.79 Å². The second kappa shape index (κ2) is 8.02. The second-order valence-electron chi connectivity index (χ2n) is 5.67. The summed E-state index contributed by atoms with van der Waals surface area (Å²) in [5.74, 6) is 0.472. The fraction of sp³-hybridized carbons (Fsp3) is 0.0952. The molecule has 0 unspecified atom stereocenters. The van der Waals surface area contributed by atoms with Crippen LogP contribution in [0.4, 0.5) is 17.1 Å². The molecule has 0 saturated carbocycles. The topological polar surface area (TPSA) is 50.4 Å². The maximum absolute atomic E-state index is 12.0. The van der Waals surface area contributed by atoms with E-state index in [2.05, 4.69) is 10.6 Å². The molecule has 0 spiro atoms. The summed E-state index contributed by atoms with van der Waals surface area (Å²) in [5.41, 5.74) is 3.81. The number of anilines is 3. The number of para-hydroxylation sites is 2. The first kappa shape index (κ1) is 16.6. The molecule has 25 heavy (non-hydrogen) atoms. The molecule has 0 atom stereocenters. The number of hydrogen-bond acceptors (Lipinski definition) is 3. The van der Waals surface area contributed by atoms with E-state index in [1.54, 1.807) is 0 Å². The van der Waals surface area contributed by atoms with E-state index in [1.807, 2.05) is 85.8 Å². The van der Waals surface area contributed by atoms with Gasteiger partial charge in [0.2, 0.25) is 0 Å². The Kier molecular flexibility index (Phi) is 5.32. The van der Waals surface area contributed by atoms with Crippen LogP contribution in [0.3, 0.4) is 0 Å². The van der Waals surface area contributed by atoms with Crippen molar-refractivity contribution in [3.05, 3.63) is 84.4 Å². The number of rotatable bonds is 6. The van der Waals surface area contributed by atoms with Crippen LogP contribution in [0.1, 0.15) is 5.56 Å². The number of amides is 1. The minimum Gasteiger partial charge on any atom is -0.484 e. The third-order valence-corrected chi connectivity index (χ3v) is 3.71. The summed E-state index contributed by atoms with van der Waals surface area (Å²) in [4.78, 5) is 12.0. The van der Waals surface area contributed by atoms with Gasteiger partial charge in [0.15, 0.2) is 6.61 Å². The standard InChI is InChI=1S/C21H20N2O2/c1-16-7-5-6-10-20(16)23-21(24)15-25-19-13-11-18(12-14-19)22-17-8-3-2-4-9-17/h2-14,22H,15H2,1H3,(H,23,24). The first-order chi connectivity index (χ1) is 12.2. The third-order valence-electron chi connectivity index (χ3n) is 3.71. The van der Waals surface area contributed by atoms with E-state index in [0.717, 1.165) is 22.6 Å². The van der Waals surface area contributed by atoms with Crippen LogP contribution in [0.25, 0.3) is 0 Å². The van der Waals surface area contributed by atoms with Gasteiger partial charge in [-0.25, -0.2) is 0 Å². The zero-order valence-electron chi connectivity index (χ0n) is 14.0. The number of hydrogen-bond donors (Lipinski definition) is 2. The lowest BCUT2D eigenvalue weighted by atomic mass is 10.2. The number of carbonyl (C=O) groups is 1. The molecule has 0 radical (unpaired) electrons. The summed E-state index contributed by atoms with van der Waals surface area (Å²) in [6.45, 7) is 1.93. The van der Waals surface area contributed by atoms with E-state index < -0.39 is 0 Å². The maximum atomic E-state index is 12.0. The molecule has 0 bridgehead atoms. The van der Waals surface area contributed by atoms with Gasteiger partial charge in [0, 0.05) is 17.1 Å². The highest BCUT2D eigenvalue weighted by Gasteiger charge is 2.05. The van der Waals surface area contributed by atoms with Crippen LogP contribution in [0.15, 0.2) is 78.9 Å². The Labute approximate surface area is 147 Å². The molecule has 126 valence electrons. The van der Waals surface area contributed by atoms with Crippen LogP contribution in [-0.4, -0.2) is 12.5 Å². The van der Waals surface area contributed by atoms with Crippen molar-refractivity contribution in [2.75, 3.05) is 17.2 Å². The summed E-state index contributed by atoms with van der Waals surface area (Å²) < 4.78 is 5.55. The average Bonchev–Trinajstić information content (AvgIpc) is 2.64. The fourth-order valence-electron chi connectivity index (χ4n) is 2.37. The molecule has 3 aromatic rings. The quantitative estimate of drug-likeness (QED) is 0.684. The molecule has 0 fully saturated rings. The van der Waals surface area contributed by atoms with Gasteiger partial charge in [0.05, 0.1) is 0 Å². The molecular weight excluding hydrogens is 312 g/mol. The maximum Gasteiger partial charge on any atom is 0.262 e. The smallest absolute Gasteiger partial charge is 0.262 e. The normalized spacial score (nSPS) is 10.1. The molecule has 0 aliphatic rings. The van der Waals surface area contributed by atoms with Gasteiger partial charge in [0.25, 0.3) is 5.91 Å². The molecule has 1 amide bonds. The second-order valence-corrected chi connectivity index (χ2v) is 5.67. The first-order valence-electron chi connectivity index (χ1n) is 8.11. The molecule has 2 N–H and O–H groups in total. The first-order valence-corrected chi connectivity index (χ1v) is 8.11. The van der Waals surface area contributed by atoms with Crippen molar-refractivity contribution in [1.29, 1.82) is 0 Å². The van der Waals surface area contributed by atoms with Crippen molar-refractivity contribution >= 4 is 23.0 Å². The number of ether oxygens (including phenoxy) is 1. The predicted molar refractivity (Wildman–Crippen MR) is 101 cm³/mol. The molecular formula is C21H20N2O2. The van der Waals surface area contributed by atoms with Crippen LogP contribution < -0.4 is 15.4 Å². The van der Waals surface area contributed by atoms with Gasteiger partial charge in [0.1, 0.15) is 5.75 Å². The molecule has 0 saturated heterocycles. The highest BCUT2D eigenvalue weighted by molar-refractivity contribution is 5.92. The van der Waals surface area contributed by atoms with Crippen LogP contribution in [0.2, 0.25) is 0 Å². The summed E-state index contributed by atoms with van der Waals surface area (Å²) >= 11 is 0. The van der Waals surface area contributed by atoms with Gasteiger partial charge in [-0.2, -0.15) is 0 Å². The van der Waals surface area contributed by atoms with Crippen LogP contribution in [0.5, 0.6) is 5.75 Å². The van der Waals surface area contributed by atoms with Crippen molar-refractivity contribution < 1.29 is 9.53 Å². The summed E-state index contributed by atoms with van der Waals surface area (Å²) in [7, 11) is 0. The summed E-state index contributed by atoms with van der Waals surface area (Å²) in [6.07, 6.45) is 0.